The van der Waals surface area contributed by atoms with E-state index in [9.17, 15) is 18.0 Å². The van der Waals surface area contributed by atoms with Crippen LogP contribution in [0.4, 0.5) is 18.9 Å². The van der Waals surface area contributed by atoms with Gasteiger partial charge in [-0.1, -0.05) is 6.07 Å². The van der Waals surface area contributed by atoms with Gasteiger partial charge >= 0.3 is 6.18 Å². The van der Waals surface area contributed by atoms with Gasteiger partial charge in [0.15, 0.2) is 0 Å². The van der Waals surface area contributed by atoms with Gasteiger partial charge in [-0.15, -0.1) is 0 Å². The summed E-state index contributed by atoms with van der Waals surface area (Å²) in [6.07, 6.45) is 0.542. The van der Waals surface area contributed by atoms with Crippen LogP contribution in [0.25, 0.3) is 0 Å². The lowest BCUT2D eigenvalue weighted by Gasteiger charge is -2.37. The Morgan fingerprint density at radius 2 is 1.73 bits per heavy atom. The summed E-state index contributed by atoms with van der Waals surface area (Å²) in [5.74, 6) is 0.261. The Bertz CT molecular complexity index is 729. The van der Waals surface area contributed by atoms with Crippen molar-refractivity contribution in [2.75, 3.05) is 44.3 Å². The lowest BCUT2D eigenvalue weighted by Crippen LogP contribution is -2.50. The molecule has 1 N–H and O–H groups in total. The number of nitrogens with zero attached hydrogens (tertiary/aromatic N) is 2. The SMILES string of the molecule is O=C([C@H]1CC[C@@H](NC2CCOCC2)C1)N1CCN(c2cccc(C(F)(F)F)c2)CC1. The molecule has 4 rings (SSSR count). The van der Waals surface area contributed by atoms with Gasteiger partial charge in [0.1, 0.15) is 0 Å². The molecule has 0 radical (unpaired) electrons. The van der Waals surface area contributed by atoms with Gasteiger partial charge in [-0.2, -0.15) is 13.2 Å². The summed E-state index contributed by atoms with van der Waals surface area (Å²) in [6.45, 7) is 3.85. The number of alkyl halides is 3. The van der Waals surface area contributed by atoms with Gasteiger partial charge in [0, 0.05) is 63.1 Å². The Kier molecular flexibility index (Phi) is 6.53. The van der Waals surface area contributed by atoms with Gasteiger partial charge < -0.3 is 19.9 Å². The van der Waals surface area contributed by atoms with Crippen molar-refractivity contribution in [2.24, 2.45) is 5.92 Å². The number of carbonyl (C=O) groups excluding carboxylic acids is 1. The van der Waals surface area contributed by atoms with Crippen molar-refractivity contribution < 1.29 is 22.7 Å². The van der Waals surface area contributed by atoms with E-state index in [0.29, 0.717) is 44.0 Å². The number of carbonyl (C=O) groups is 1. The molecule has 2 atom stereocenters. The molecule has 2 heterocycles. The second-order valence-electron chi connectivity index (χ2n) is 8.62. The highest BCUT2D eigenvalue weighted by atomic mass is 19.4. The summed E-state index contributed by atoms with van der Waals surface area (Å²) < 4.78 is 44.3. The zero-order valence-corrected chi connectivity index (χ0v) is 17.2. The van der Waals surface area contributed by atoms with Crippen LogP contribution in [0, 0.1) is 5.92 Å². The van der Waals surface area contributed by atoms with Gasteiger partial charge in [0.05, 0.1) is 5.56 Å². The fourth-order valence-electron chi connectivity index (χ4n) is 4.88. The van der Waals surface area contributed by atoms with E-state index in [1.54, 1.807) is 6.07 Å². The number of nitrogens with one attached hydrogen (secondary N) is 1. The molecule has 8 heteroatoms. The maximum absolute atomic E-state index is 13.0. The Balaban J connectivity index is 1.26. The fourth-order valence-corrected chi connectivity index (χ4v) is 4.88. The molecule has 0 unspecified atom stereocenters. The lowest BCUT2D eigenvalue weighted by atomic mass is 10.0. The maximum Gasteiger partial charge on any atom is 0.416 e. The molecule has 30 heavy (non-hydrogen) atoms. The van der Waals surface area contributed by atoms with Gasteiger partial charge in [-0.25, -0.2) is 0 Å². The average Bonchev–Trinajstić information content (AvgIpc) is 3.22. The van der Waals surface area contributed by atoms with Crippen LogP contribution in [0.5, 0.6) is 0 Å². The third-order valence-corrected chi connectivity index (χ3v) is 6.60. The number of halogens is 3. The smallest absolute Gasteiger partial charge is 0.381 e. The van der Waals surface area contributed by atoms with Crippen LogP contribution < -0.4 is 10.2 Å². The average molecular weight is 425 g/mol. The van der Waals surface area contributed by atoms with Crippen molar-refractivity contribution in [3.05, 3.63) is 29.8 Å². The van der Waals surface area contributed by atoms with Crippen molar-refractivity contribution in [3.63, 3.8) is 0 Å². The molecule has 1 aromatic rings. The topological polar surface area (TPSA) is 44.8 Å². The monoisotopic (exact) mass is 425 g/mol. The molecule has 1 saturated carbocycles. The Morgan fingerprint density at radius 3 is 2.43 bits per heavy atom. The summed E-state index contributed by atoms with van der Waals surface area (Å²) in [5, 5.41) is 3.70. The first-order chi connectivity index (χ1) is 14.4. The highest BCUT2D eigenvalue weighted by Gasteiger charge is 2.35. The zero-order valence-electron chi connectivity index (χ0n) is 17.2. The first kappa shape index (κ1) is 21.4. The van der Waals surface area contributed by atoms with Crippen LogP contribution in [0.1, 0.15) is 37.7 Å². The van der Waals surface area contributed by atoms with E-state index in [0.717, 1.165) is 51.4 Å². The first-order valence-electron chi connectivity index (χ1n) is 10.9. The van der Waals surface area contributed by atoms with E-state index in [1.165, 1.54) is 12.1 Å². The predicted octanol–water partition coefficient (Wildman–Crippen LogP) is 3.29. The molecule has 1 amide bonds. The number of hydrogen-bond acceptors (Lipinski definition) is 4. The molecule has 1 aliphatic carbocycles. The van der Waals surface area contributed by atoms with Gasteiger partial charge in [0.25, 0.3) is 0 Å². The molecule has 1 aromatic carbocycles. The second-order valence-corrected chi connectivity index (χ2v) is 8.62. The van der Waals surface area contributed by atoms with Crippen LogP contribution >= 0.6 is 0 Å². The Morgan fingerprint density at radius 1 is 1.00 bits per heavy atom. The molecule has 3 fully saturated rings. The number of amides is 1. The van der Waals surface area contributed by atoms with Crippen molar-refractivity contribution in [1.82, 2.24) is 10.2 Å². The molecule has 5 nitrogen and oxygen atoms in total. The molecule has 0 aromatic heterocycles. The minimum Gasteiger partial charge on any atom is -0.381 e. The molecule has 3 aliphatic rings. The van der Waals surface area contributed by atoms with E-state index in [4.69, 9.17) is 4.74 Å². The normalized spacial score (nSPS) is 26.2. The fraction of sp³-hybridized carbons (Fsp3) is 0.682. The van der Waals surface area contributed by atoms with Crippen LogP contribution in [0.3, 0.4) is 0 Å². The molecule has 2 saturated heterocycles. The summed E-state index contributed by atoms with van der Waals surface area (Å²) in [7, 11) is 0. The van der Waals surface area contributed by atoms with Gasteiger partial charge in [0.2, 0.25) is 5.91 Å². The quantitative estimate of drug-likeness (QED) is 0.804. The van der Waals surface area contributed by atoms with Crippen LogP contribution in [-0.4, -0.2) is 62.3 Å². The van der Waals surface area contributed by atoms with E-state index in [2.05, 4.69) is 5.32 Å². The summed E-state index contributed by atoms with van der Waals surface area (Å²) in [5.41, 5.74) is -0.0638. The summed E-state index contributed by atoms with van der Waals surface area (Å²) in [4.78, 5) is 16.8. The predicted molar refractivity (Wildman–Crippen MR) is 108 cm³/mol. The second kappa shape index (κ2) is 9.14. The molecular weight excluding hydrogens is 395 g/mol. The number of anilines is 1. The largest absolute Gasteiger partial charge is 0.416 e. The standard InChI is InChI=1S/C22H30F3N3O2/c23-22(24,25)17-2-1-3-20(15-17)27-8-10-28(11-9-27)21(29)16-4-5-19(14-16)26-18-6-12-30-13-7-18/h1-3,15-16,18-19,26H,4-14H2/t16-,19+/m0/s1. The Labute approximate surface area is 175 Å². The first-order valence-corrected chi connectivity index (χ1v) is 10.9. The van der Waals surface area contributed by atoms with E-state index in [-0.39, 0.29) is 11.8 Å². The van der Waals surface area contributed by atoms with E-state index in [1.807, 2.05) is 9.80 Å². The van der Waals surface area contributed by atoms with Crippen molar-refractivity contribution in [2.45, 2.75) is 50.4 Å². The number of rotatable bonds is 4. The van der Waals surface area contributed by atoms with Crippen LogP contribution in [0.15, 0.2) is 24.3 Å². The van der Waals surface area contributed by atoms with E-state index < -0.39 is 11.7 Å². The summed E-state index contributed by atoms with van der Waals surface area (Å²) >= 11 is 0. The highest BCUT2D eigenvalue weighted by Crippen LogP contribution is 2.32. The van der Waals surface area contributed by atoms with Crippen LogP contribution in [0.2, 0.25) is 0 Å². The molecule has 2 aliphatic heterocycles. The van der Waals surface area contributed by atoms with Gasteiger partial charge in [-0.05, 0) is 50.3 Å². The number of benzene rings is 1. The molecule has 0 spiro atoms. The van der Waals surface area contributed by atoms with Crippen molar-refractivity contribution in [3.8, 4) is 0 Å². The van der Waals surface area contributed by atoms with Crippen molar-refractivity contribution >= 4 is 11.6 Å². The number of hydrogen-bond donors (Lipinski definition) is 1. The maximum atomic E-state index is 13.0. The third kappa shape index (κ3) is 5.09. The third-order valence-electron chi connectivity index (χ3n) is 6.60. The molecular formula is C22H30F3N3O2. The minimum absolute atomic E-state index is 0.0578. The Hall–Kier alpha value is -1.80. The van der Waals surface area contributed by atoms with Crippen molar-refractivity contribution in [1.29, 1.82) is 0 Å². The lowest BCUT2D eigenvalue weighted by molar-refractivity contribution is -0.137. The summed E-state index contributed by atoms with van der Waals surface area (Å²) in [6, 6.07) is 6.33. The number of ether oxygens (including phenoxy) is 1. The van der Waals surface area contributed by atoms with Crippen LogP contribution in [-0.2, 0) is 15.7 Å². The zero-order chi connectivity index (χ0) is 21.1. The van der Waals surface area contributed by atoms with Gasteiger partial charge in [-0.3, -0.25) is 4.79 Å². The van der Waals surface area contributed by atoms with E-state index >= 15 is 0 Å². The molecule has 166 valence electrons. The number of piperazine rings is 1. The minimum atomic E-state index is -4.34. The molecule has 0 bridgehead atoms. The highest BCUT2D eigenvalue weighted by molar-refractivity contribution is 5.79.